The lowest BCUT2D eigenvalue weighted by Crippen LogP contribution is -2.11. The first-order valence-electron chi connectivity index (χ1n) is 5.93. The van der Waals surface area contributed by atoms with Gasteiger partial charge in [-0.25, -0.2) is 0 Å². The molecule has 0 bridgehead atoms. The van der Waals surface area contributed by atoms with Gasteiger partial charge in [-0.05, 0) is 36.4 Å². The number of furan rings is 1. The first-order chi connectivity index (χ1) is 9.25. The van der Waals surface area contributed by atoms with Gasteiger partial charge >= 0.3 is 0 Å². The Morgan fingerprint density at radius 3 is 2.58 bits per heavy atom. The molecule has 0 saturated heterocycles. The van der Waals surface area contributed by atoms with E-state index in [4.69, 9.17) is 25.0 Å². The maximum Gasteiger partial charge on any atom is 0.129 e. The van der Waals surface area contributed by atoms with Crippen LogP contribution >= 0.6 is 0 Å². The van der Waals surface area contributed by atoms with Crippen molar-refractivity contribution < 1.29 is 13.9 Å². The smallest absolute Gasteiger partial charge is 0.129 e. The number of nitrogen functional groups attached to an aromatic ring is 1. The van der Waals surface area contributed by atoms with E-state index in [1.54, 1.807) is 30.5 Å². The summed E-state index contributed by atoms with van der Waals surface area (Å²) in [5, 5.41) is 7.28. The lowest BCUT2D eigenvalue weighted by molar-refractivity contribution is 0.0781. The molecule has 2 aromatic rings. The number of benzene rings is 1. The summed E-state index contributed by atoms with van der Waals surface area (Å²) in [6.07, 6.45) is 1.62. The topological polar surface area (TPSA) is 81.5 Å². The summed E-state index contributed by atoms with van der Waals surface area (Å²) >= 11 is 0. The second-order valence-electron chi connectivity index (χ2n) is 3.92. The molecular weight excluding hydrogens is 244 g/mol. The van der Waals surface area contributed by atoms with Crippen LogP contribution in [-0.4, -0.2) is 19.0 Å². The Morgan fingerprint density at radius 1 is 1.16 bits per heavy atom. The molecule has 0 saturated carbocycles. The van der Waals surface area contributed by atoms with Crippen LogP contribution in [0.4, 0.5) is 0 Å². The van der Waals surface area contributed by atoms with Crippen LogP contribution in [0, 0.1) is 5.41 Å². The molecular formula is C14H16N2O3. The molecule has 0 spiro atoms. The third kappa shape index (κ3) is 4.15. The highest BCUT2D eigenvalue weighted by molar-refractivity contribution is 5.94. The summed E-state index contributed by atoms with van der Waals surface area (Å²) in [7, 11) is 0. The quantitative estimate of drug-likeness (QED) is 0.454. The van der Waals surface area contributed by atoms with Crippen molar-refractivity contribution in [3.8, 4) is 5.75 Å². The molecule has 19 heavy (non-hydrogen) atoms. The summed E-state index contributed by atoms with van der Waals surface area (Å²) in [5.74, 6) is 1.57. The predicted molar refractivity (Wildman–Crippen MR) is 71.3 cm³/mol. The molecule has 1 heterocycles. The van der Waals surface area contributed by atoms with Crippen LogP contribution in [0.25, 0.3) is 0 Å². The van der Waals surface area contributed by atoms with Gasteiger partial charge in [-0.1, -0.05) is 0 Å². The second kappa shape index (κ2) is 6.61. The molecule has 3 N–H and O–H groups in total. The van der Waals surface area contributed by atoms with Crippen LogP contribution in [0.5, 0.6) is 5.75 Å². The lowest BCUT2D eigenvalue weighted by atomic mass is 10.2. The minimum Gasteiger partial charge on any atom is -0.491 e. The second-order valence-corrected chi connectivity index (χ2v) is 3.92. The number of hydrogen-bond acceptors (Lipinski definition) is 4. The van der Waals surface area contributed by atoms with Crippen LogP contribution in [0.2, 0.25) is 0 Å². The third-order valence-corrected chi connectivity index (χ3v) is 2.49. The molecule has 0 radical (unpaired) electrons. The van der Waals surface area contributed by atoms with Gasteiger partial charge in [0.25, 0.3) is 0 Å². The maximum absolute atomic E-state index is 7.28. The van der Waals surface area contributed by atoms with Gasteiger partial charge in [0.2, 0.25) is 0 Å². The molecule has 0 aliphatic heterocycles. The third-order valence-electron chi connectivity index (χ3n) is 2.49. The number of nitrogens with one attached hydrogen (secondary N) is 1. The Labute approximate surface area is 111 Å². The Hall–Kier alpha value is -2.27. The molecule has 5 heteroatoms. The van der Waals surface area contributed by atoms with E-state index in [2.05, 4.69) is 0 Å². The molecule has 0 unspecified atom stereocenters. The normalized spacial score (nSPS) is 10.3. The number of amidine groups is 1. The van der Waals surface area contributed by atoms with Gasteiger partial charge in [-0.15, -0.1) is 0 Å². The first-order valence-corrected chi connectivity index (χ1v) is 5.93. The van der Waals surface area contributed by atoms with Crippen molar-refractivity contribution in [1.82, 2.24) is 0 Å². The van der Waals surface area contributed by atoms with Crippen LogP contribution in [-0.2, 0) is 11.3 Å². The molecule has 100 valence electrons. The molecule has 0 amide bonds. The van der Waals surface area contributed by atoms with E-state index >= 15 is 0 Å². The van der Waals surface area contributed by atoms with Crippen molar-refractivity contribution in [1.29, 1.82) is 5.41 Å². The van der Waals surface area contributed by atoms with E-state index in [0.29, 0.717) is 25.4 Å². The van der Waals surface area contributed by atoms with E-state index in [-0.39, 0.29) is 5.84 Å². The molecule has 5 nitrogen and oxygen atoms in total. The maximum atomic E-state index is 7.28. The molecule has 1 aromatic carbocycles. The highest BCUT2D eigenvalue weighted by atomic mass is 16.5. The molecule has 0 aliphatic rings. The van der Waals surface area contributed by atoms with Gasteiger partial charge in [0.15, 0.2) is 0 Å². The zero-order valence-corrected chi connectivity index (χ0v) is 10.5. The van der Waals surface area contributed by atoms with E-state index in [1.807, 2.05) is 12.1 Å². The highest BCUT2D eigenvalue weighted by Gasteiger charge is 1.99. The molecule has 1 aromatic heterocycles. The summed E-state index contributed by atoms with van der Waals surface area (Å²) in [4.78, 5) is 0. The van der Waals surface area contributed by atoms with Gasteiger partial charge < -0.3 is 19.6 Å². The molecule has 0 fully saturated rings. The van der Waals surface area contributed by atoms with E-state index in [9.17, 15) is 0 Å². The summed E-state index contributed by atoms with van der Waals surface area (Å²) < 4.78 is 16.0. The van der Waals surface area contributed by atoms with Crippen LogP contribution in [0.15, 0.2) is 47.1 Å². The first kappa shape index (κ1) is 13.2. The predicted octanol–water partition coefficient (Wildman–Crippen LogP) is 2.16. The van der Waals surface area contributed by atoms with E-state index in [1.165, 1.54) is 0 Å². The van der Waals surface area contributed by atoms with Crippen molar-refractivity contribution in [3.63, 3.8) is 0 Å². The van der Waals surface area contributed by atoms with Crippen molar-refractivity contribution in [3.05, 3.63) is 54.0 Å². The van der Waals surface area contributed by atoms with Crippen LogP contribution < -0.4 is 10.5 Å². The Morgan fingerprint density at radius 2 is 1.95 bits per heavy atom. The van der Waals surface area contributed by atoms with Crippen molar-refractivity contribution >= 4 is 5.84 Å². The van der Waals surface area contributed by atoms with Crippen LogP contribution in [0.1, 0.15) is 11.3 Å². The SMILES string of the molecule is N=C(N)c1ccc(OCCOCc2ccco2)cc1. The largest absolute Gasteiger partial charge is 0.491 e. The number of rotatable bonds is 7. The zero-order chi connectivity index (χ0) is 13.5. The Bertz CT molecular complexity index is 506. The zero-order valence-electron chi connectivity index (χ0n) is 10.5. The summed E-state index contributed by atoms with van der Waals surface area (Å²) in [5.41, 5.74) is 6.05. The van der Waals surface area contributed by atoms with Gasteiger partial charge in [0.05, 0.1) is 12.9 Å². The fraction of sp³-hybridized carbons (Fsp3) is 0.214. The number of nitrogens with two attached hydrogens (primary N) is 1. The fourth-order valence-corrected chi connectivity index (χ4v) is 1.52. The Kier molecular flexibility index (Phi) is 4.58. The van der Waals surface area contributed by atoms with Crippen molar-refractivity contribution in [2.75, 3.05) is 13.2 Å². The lowest BCUT2D eigenvalue weighted by Gasteiger charge is -2.07. The minimum atomic E-state index is 0.0494. The van der Waals surface area contributed by atoms with Crippen molar-refractivity contribution in [2.24, 2.45) is 5.73 Å². The molecule has 0 atom stereocenters. The number of ether oxygens (including phenoxy) is 2. The van der Waals surface area contributed by atoms with E-state index < -0.39 is 0 Å². The number of hydrogen-bond donors (Lipinski definition) is 2. The summed E-state index contributed by atoms with van der Waals surface area (Å²) in [6, 6.07) is 10.8. The molecule has 2 rings (SSSR count). The van der Waals surface area contributed by atoms with E-state index in [0.717, 1.165) is 11.5 Å². The minimum absolute atomic E-state index is 0.0494. The van der Waals surface area contributed by atoms with Gasteiger partial charge in [-0.3, -0.25) is 5.41 Å². The van der Waals surface area contributed by atoms with Gasteiger partial charge in [0, 0.05) is 5.56 Å². The van der Waals surface area contributed by atoms with Crippen LogP contribution in [0.3, 0.4) is 0 Å². The summed E-state index contributed by atoms with van der Waals surface area (Å²) in [6.45, 7) is 1.38. The standard InChI is InChI=1S/C14H16N2O3/c15-14(16)11-3-5-12(6-4-11)19-9-8-17-10-13-2-1-7-18-13/h1-7H,8-10H2,(H3,15,16). The molecule has 0 aliphatic carbocycles. The average molecular weight is 260 g/mol. The Balaban J connectivity index is 1.66. The van der Waals surface area contributed by atoms with Crippen molar-refractivity contribution in [2.45, 2.75) is 6.61 Å². The fourth-order valence-electron chi connectivity index (χ4n) is 1.52. The average Bonchev–Trinajstić information content (AvgIpc) is 2.92. The van der Waals surface area contributed by atoms with Gasteiger partial charge in [-0.2, -0.15) is 0 Å². The monoisotopic (exact) mass is 260 g/mol. The highest BCUT2D eigenvalue weighted by Crippen LogP contribution is 2.11. The van der Waals surface area contributed by atoms with Gasteiger partial charge in [0.1, 0.15) is 30.6 Å².